The number of hydrogen-bond acceptors (Lipinski definition) is 6. The normalized spacial score (nSPS) is 21.8. The van der Waals surface area contributed by atoms with Gasteiger partial charge in [0.25, 0.3) is 5.78 Å². The standard InChI is InChI=1S/C11H15N5O2S2/c1-14(9-3-6-20(17,18)7-9)8-16-11(19)13-10-12-4-2-5-15(10)16/h2,4-5,9H,3,6-8H2,1H3. The molecule has 0 amide bonds. The van der Waals surface area contributed by atoms with Gasteiger partial charge in [0.2, 0.25) is 4.77 Å². The van der Waals surface area contributed by atoms with Crippen LogP contribution in [0.5, 0.6) is 0 Å². The summed E-state index contributed by atoms with van der Waals surface area (Å²) < 4.78 is 27.1. The van der Waals surface area contributed by atoms with E-state index in [4.69, 9.17) is 12.2 Å². The Morgan fingerprint density at radius 1 is 1.55 bits per heavy atom. The maximum atomic E-state index is 11.5. The van der Waals surface area contributed by atoms with Crippen LogP contribution in [0, 0.1) is 4.77 Å². The van der Waals surface area contributed by atoms with E-state index in [-0.39, 0.29) is 17.5 Å². The average Bonchev–Trinajstić information content (AvgIpc) is 2.91. The van der Waals surface area contributed by atoms with Crippen LogP contribution >= 0.6 is 12.2 Å². The molecule has 1 saturated heterocycles. The van der Waals surface area contributed by atoms with Crippen molar-refractivity contribution in [1.29, 1.82) is 0 Å². The number of sulfone groups is 1. The van der Waals surface area contributed by atoms with E-state index in [1.54, 1.807) is 16.8 Å². The summed E-state index contributed by atoms with van der Waals surface area (Å²) in [5.74, 6) is 1.03. The van der Waals surface area contributed by atoms with Gasteiger partial charge in [0, 0.05) is 18.4 Å². The first kappa shape index (κ1) is 13.7. The molecule has 0 N–H and O–H groups in total. The molecule has 1 atom stereocenters. The van der Waals surface area contributed by atoms with Crippen LogP contribution in [0.2, 0.25) is 0 Å². The van der Waals surface area contributed by atoms with E-state index in [0.717, 1.165) is 0 Å². The number of aromatic nitrogens is 4. The van der Waals surface area contributed by atoms with Crippen molar-refractivity contribution < 1.29 is 8.42 Å². The Bertz CT molecular complexity index is 794. The van der Waals surface area contributed by atoms with Gasteiger partial charge >= 0.3 is 0 Å². The second-order valence-corrected chi connectivity index (χ2v) is 7.61. The largest absolute Gasteiger partial charge is 0.283 e. The summed E-state index contributed by atoms with van der Waals surface area (Å²) in [5, 5.41) is 0. The molecule has 1 unspecified atom stereocenters. The summed E-state index contributed by atoms with van der Waals surface area (Å²) in [6.45, 7) is 0.492. The Kier molecular flexibility index (Phi) is 3.35. The number of fused-ring (bicyclic) bond motifs is 1. The second kappa shape index (κ2) is 4.90. The van der Waals surface area contributed by atoms with Crippen molar-refractivity contribution in [3.05, 3.63) is 23.2 Å². The zero-order chi connectivity index (χ0) is 14.3. The smallest absolute Gasteiger partial charge is 0.251 e. The van der Waals surface area contributed by atoms with Crippen molar-refractivity contribution in [3.8, 4) is 0 Å². The highest BCUT2D eigenvalue weighted by Gasteiger charge is 2.30. The first-order valence-electron chi connectivity index (χ1n) is 6.27. The zero-order valence-corrected chi connectivity index (χ0v) is 12.6. The molecule has 3 rings (SSSR count). The van der Waals surface area contributed by atoms with E-state index in [0.29, 0.717) is 23.6 Å². The SMILES string of the molecule is CN(Cn1c(=S)nc2ncccn21)C1CCS(=O)(=O)C1. The minimum atomic E-state index is -2.88. The monoisotopic (exact) mass is 313 g/mol. The lowest BCUT2D eigenvalue weighted by molar-refractivity contribution is 0.192. The lowest BCUT2D eigenvalue weighted by Crippen LogP contribution is -2.35. The molecule has 1 aliphatic heterocycles. The molecule has 0 radical (unpaired) electrons. The number of rotatable bonds is 3. The van der Waals surface area contributed by atoms with Gasteiger partial charge in [-0.3, -0.25) is 4.90 Å². The van der Waals surface area contributed by atoms with Gasteiger partial charge in [-0.25, -0.2) is 22.6 Å². The third-order valence-electron chi connectivity index (χ3n) is 3.57. The maximum absolute atomic E-state index is 11.5. The molecule has 0 aromatic carbocycles. The first-order valence-corrected chi connectivity index (χ1v) is 8.50. The summed E-state index contributed by atoms with van der Waals surface area (Å²) >= 11 is 5.24. The third-order valence-corrected chi connectivity index (χ3v) is 5.63. The van der Waals surface area contributed by atoms with Crippen molar-refractivity contribution in [2.75, 3.05) is 18.6 Å². The van der Waals surface area contributed by atoms with Gasteiger partial charge in [-0.2, -0.15) is 4.98 Å². The van der Waals surface area contributed by atoms with Crippen LogP contribution in [0.3, 0.4) is 0 Å². The highest BCUT2D eigenvalue weighted by Crippen LogP contribution is 2.17. The molecule has 0 bridgehead atoms. The van der Waals surface area contributed by atoms with E-state index in [1.165, 1.54) is 0 Å². The molecule has 2 aromatic rings. The van der Waals surface area contributed by atoms with Crippen molar-refractivity contribution in [3.63, 3.8) is 0 Å². The Balaban J connectivity index is 1.86. The van der Waals surface area contributed by atoms with Gasteiger partial charge in [-0.05, 0) is 31.8 Å². The molecule has 1 aliphatic rings. The van der Waals surface area contributed by atoms with E-state index >= 15 is 0 Å². The molecule has 108 valence electrons. The summed E-state index contributed by atoms with van der Waals surface area (Å²) in [7, 11) is -0.978. The minimum Gasteiger partial charge on any atom is -0.283 e. The molecule has 20 heavy (non-hydrogen) atoms. The number of nitrogens with zero attached hydrogens (tertiary/aromatic N) is 5. The average molecular weight is 313 g/mol. The van der Waals surface area contributed by atoms with Crippen LogP contribution in [0.4, 0.5) is 0 Å². The molecular formula is C11H15N5O2S2. The fraction of sp³-hybridized carbons (Fsp3) is 0.545. The fourth-order valence-corrected chi connectivity index (χ4v) is 4.47. The molecule has 0 saturated carbocycles. The Labute approximate surface area is 121 Å². The molecule has 0 aliphatic carbocycles. The summed E-state index contributed by atoms with van der Waals surface area (Å²) in [6.07, 6.45) is 4.17. The van der Waals surface area contributed by atoms with E-state index < -0.39 is 9.84 Å². The van der Waals surface area contributed by atoms with E-state index in [1.807, 2.05) is 22.8 Å². The van der Waals surface area contributed by atoms with Crippen LogP contribution in [-0.4, -0.2) is 57.1 Å². The number of hydrogen-bond donors (Lipinski definition) is 0. The van der Waals surface area contributed by atoms with Crippen molar-refractivity contribution in [1.82, 2.24) is 24.1 Å². The Morgan fingerprint density at radius 3 is 3.05 bits per heavy atom. The van der Waals surface area contributed by atoms with Crippen molar-refractivity contribution in [2.45, 2.75) is 19.1 Å². The first-order chi connectivity index (χ1) is 9.46. The van der Waals surface area contributed by atoms with E-state index in [9.17, 15) is 8.42 Å². The summed E-state index contributed by atoms with van der Waals surface area (Å²) in [6, 6.07) is 1.84. The van der Waals surface area contributed by atoms with Gasteiger partial charge in [-0.15, -0.1) is 0 Å². The van der Waals surface area contributed by atoms with Crippen LogP contribution in [0.1, 0.15) is 6.42 Å². The maximum Gasteiger partial charge on any atom is 0.251 e. The molecular weight excluding hydrogens is 298 g/mol. The third kappa shape index (κ3) is 2.48. The molecule has 2 aromatic heterocycles. The Morgan fingerprint density at radius 2 is 2.35 bits per heavy atom. The lowest BCUT2D eigenvalue weighted by Gasteiger charge is -2.23. The predicted octanol–water partition coefficient (Wildman–Crippen LogP) is 0.337. The molecule has 9 heteroatoms. The molecule has 7 nitrogen and oxygen atoms in total. The topological polar surface area (TPSA) is 72.5 Å². The lowest BCUT2D eigenvalue weighted by atomic mass is 10.2. The highest BCUT2D eigenvalue weighted by atomic mass is 32.2. The Hall–Kier alpha value is -1.32. The van der Waals surface area contributed by atoms with E-state index in [2.05, 4.69) is 9.97 Å². The van der Waals surface area contributed by atoms with Gasteiger partial charge in [0.15, 0.2) is 9.84 Å². The molecule has 3 heterocycles. The zero-order valence-electron chi connectivity index (χ0n) is 11.0. The molecule has 0 spiro atoms. The fourth-order valence-electron chi connectivity index (χ4n) is 2.44. The van der Waals surface area contributed by atoms with Crippen LogP contribution < -0.4 is 0 Å². The van der Waals surface area contributed by atoms with Crippen LogP contribution in [0.15, 0.2) is 18.5 Å². The van der Waals surface area contributed by atoms with Gasteiger partial charge in [0.05, 0.1) is 18.2 Å². The summed E-state index contributed by atoms with van der Waals surface area (Å²) in [5.41, 5.74) is 0. The molecule has 1 fully saturated rings. The van der Waals surface area contributed by atoms with Crippen LogP contribution in [0.25, 0.3) is 5.78 Å². The predicted molar refractivity (Wildman–Crippen MR) is 76.6 cm³/mol. The second-order valence-electron chi connectivity index (χ2n) is 5.01. The van der Waals surface area contributed by atoms with Crippen LogP contribution in [-0.2, 0) is 16.5 Å². The van der Waals surface area contributed by atoms with Crippen molar-refractivity contribution >= 4 is 27.8 Å². The van der Waals surface area contributed by atoms with Gasteiger partial charge in [0.1, 0.15) is 0 Å². The summed E-state index contributed by atoms with van der Waals surface area (Å²) in [4.78, 5) is 10.3. The van der Waals surface area contributed by atoms with Crippen molar-refractivity contribution in [2.24, 2.45) is 0 Å². The highest BCUT2D eigenvalue weighted by molar-refractivity contribution is 7.91. The van der Waals surface area contributed by atoms with Gasteiger partial charge < -0.3 is 0 Å². The minimum absolute atomic E-state index is 0.0316. The van der Waals surface area contributed by atoms with Gasteiger partial charge in [-0.1, -0.05) is 0 Å². The quantitative estimate of drug-likeness (QED) is 0.761.